The summed E-state index contributed by atoms with van der Waals surface area (Å²) in [5.41, 5.74) is -0.366. The molecule has 0 bridgehead atoms. The Hall–Kier alpha value is -2.68. The van der Waals surface area contributed by atoms with E-state index in [0.717, 1.165) is 17.7 Å². The number of amides is 1. The van der Waals surface area contributed by atoms with Crippen LogP contribution in [0.15, 0.2) is 17.8 Å². The highest BCUT2D eigenvalue weighted by atomic mass is 32.1. The molecular weight excluding hydrogens is 298 g/mol. The summed E-state index contributed by atoms with van der Waals surface area (Å²) >= 11 is 1.13. The maximum Gasteiger partial charge on any atom is 0.354 e. The molecule has 1 amide bonds. The predicted octanol–water partition coefficient (Wildman–Crippen LogP) is 1.60. The lowest BCUT2D eigenvalue weighted by molar-refractivity contribution is 0.0527. The van der Waals surface area contributed by atoms with E-state index in [1.165, 1.54) is 6.07 Å². The molecule has 3 N–H and O–H groups in total. The number of carboxylic acids is 1. The van der Waals surface area contributed by atoms with Gasteiger partial charge in [-0.3, -0.25) is 4.79 Å². The molecule has 0 fully saturated rings. The summed E-state index contributed by atoms with van der Waals surface area (Å²) in [6.45, 7) is 1.88. The maximum atomic E-state index is 12.0. The lowest BCUT2D eigenvalue weighted by atomic mass is 10.3. The number of ether oxygens (including phenoxy) is 1. The molecule has 0 atom stereocenters. The van der Waals surface area contributed by atoms with Crippen molar-refractivity contribution in [1.82, 2.24) is 9.97 Å². The van der Waals surface area contributed by atoms with Gasteiger partial charge in [0.25, 0.3) is 5.91 Å². The Morgan fingerprint density at radius 2 is 2.24 bits per heavy atom. The highest BCUT2D eigenvalue weighted by Gasteiger charge is 2.22. The number of carbonyl (C=O) groups excluding carboxylic acids is 2. The maximum absolute atomic E-state index is 12.0. The third kappa shape index (κ3) is 3.08. The van der Waals surface area contributed by atoms with Gasteiger partial charge in [-0.05, 0) is 18.4 Å². The van der Waals surface area contributed by atoms with Crippen LogP contribution >= 0.6 is 11.3 Å². The number of nitrogens with zero attached hydrogens (tertiary/aromatic N) is 1. The normalized spacial score (nSPS) is 10.1. The highest BCUT2D eigenvalue weighted by molar-refractivity contribution is 7.14. The molecule has 0 aromatic carbocycles. The second kappa shape index (κ2) is 6.18. The first-order valence-electron chi connectivity index (χ1n) is 5.87. The van der Waals surface area contributed by atoms with Gasteiger partial charge >= 0.3 is 11.9 Å². The van der Waals surface area contributed by atoms with E-state index in [2.05, 4.69) is 15.3 Å². The fourth-order valence-electron chi connectivity index (χ4n) is 1.57. The molecule has 8 nitrogen and oxygen atoms in total. The first kappa shape index (κ1) is 14.7. The third-order valence-electron chi connectivity index (χ3n) is 2.46. The molecule has 2 aromatic rings. The van der Waals surface area contributed by atoms with Gasteiger partial charge in [-0.2, -0.15) is 0 Å². The van der Waals surface area contributed by atoms with E-state index in [4.69, 9.17) is 9.84 Å². The summed E-state index contributed by atoms with van der Waals surface area (Å²) in [7, 11) is 0. The Kier molecular flexibility index (Phi) is 4.33. The Balaban J connectivity index is 2.21. The van der Waals surface area contributed by atoms with E-state index in [0.29, 0.717) is 0 Å². The van der Waals surface area contributed by atoms with Crippen LogP contribution in [0.1, 0.15) is 38.3 Å². The molecule has 0 saturated heterocycles. The number of aromatic amines is 1. The molecule has 0 aliphatic carbocycles. The van der Waals surface area contributed by atoms with Crippen molar-refractivity contribution in [3.63, 3.8) is 0 Å². The van der Waals surface area contributed by atoms with Crippen LogP contribution in [0.4, 0.5) is 5.00 Å². The molecule has 0 unspecified atom stereocenters. The van der Waals surface area contributed by atoms with E-state index in [9.17, 15) is 14.4 Å². The van der Waals surface area contributed by atoms with E-state index in [-0.39, 0.29) is 28.6 Å². The fraction of sp³-hybridized carbons (Fsp3) is 0.167. The van der Waals surface area contributed by atoms with Crippen molar-refractivity contribution in [1.29, 1.82) is 0 Å². The average molecular weight is 309 g/mol. The minimum absolute atomic E-state index is 0.211. The summed E-state index contributed by atoms with van der Waals surface area (Å²) in [4.78, 5) is 40.7. The molecule has 0 aliphatic heterocycles. The number of carbonyl (C=O) groups is 3. The summed E-state index contributed by atoms with van der Waals surface area (Å²) in [6.07, 6.45) is 1.11. The number of esters is 1. The number of hydrogen-bond donors (Lipinski definition) is 3. The minimum atomic E-state index is -1.30. The summed E-state index contributed by atoms with van der Waals surface area (Å²) < 4.78 is 4.86. The number of carboxylic acid groups (broad SMARTS) is 1. The zero-order chi connectivity index (χ0) is 15.4. The van der Waals surface area contributed by atoms with Gasteiger partial charge in [0.2, 0.25) is 0 Å². The van der Waals surface area contributed by atoms with Crippen LogP contribution in [0.2, 0.25) is 0 Å². The number of hydrogen-bond acceptors (Lipinski definition) is 6. The Morgan fingerprint density at radius 1 is 1.48 bits per heavy atom. The van der Waals surface area contributed by atoms with Crippen LogP contribution in [0, 0.1) is 0 Å². The molecule has 21 heavy (non-hydrogen) atoms. The van der Waals surface area contributed by atoms with Gasteiger partial charge in [0, 0.05) is 0 Å². The van der Waals surface area contributed by atoms with Crippen molar-refractivity contribution in [2.24, 2.45) is 0 Å². The van der Waals surface area contributed by atoms with Gasteiger partial charge in [-0.15, -0.1) is 11.3 Å². The molecule has 9 heteroatoms. The van der Waals surface area contributed by atoms with Crippen molar-refractivity contribution >= 4 is 34.2 Å². The van der Waals surface area contributed by atoms with Gasteiger partial charge in [-0.25, -0.2) is 14.6 Å². The number of aromatic nitrogens is 2. The van der Waals surface area contributed by atoms with Gasteiger partial charge in [0.15, 0.2) is 11.4 Å². The lowest BCUT2D eigenvalue weighted by Gasteiger charge is -2.05. The highest BCUT2D eigenvalue weighted by Crippen LogP contribution is 2.24. The first-order valence-corrected chi connectivity index (χ1v) is 6.75. The topological polar surface area (TPSA) is 121 Å². The quantitative estimate of drug-likeness (QED) is 0.721. The zero-order valence-corrected chi connectivity index (χ0v) is 11.7. The summed E-state index contributed by atoms with van der Waals surface area (Å²) in [6, 6.07) is 1.51. The smallest absolute Gasteiger partial charge is 0.354 e. The van der Waals surface area contributed by atoms with Gasteiger partial charge < -0.3 is 20.1 Å². The molecule has 0 saturated carbocycles. The number of imidazole rings is 1. The van der Waals surface area contributed by atoms with Gasteiger partial charge in [0.05, 0.1) is 18.5 Å². The summed E-state index contributed by atoms with van der Waals surface area (Å²) in [5.74, 6) is -2.58. The van der Waals surface area contributed by atoms with Crippen molar-refractivity contribution in [3.8, 4) is 0 Å². The Bertz CT molecular complexity index is 691. The number of nitrogens with one attached hydrogen (secondary N) is 2. The molecule has 0 radical (unpaired) electrons. The SMILES string of the molecule is CCOC(=O)c1ccsc1NC(=O)c1nc[nH]c1C(=O)O. The van der Waals surface area contributed by atoms with Gasteiger partial charge in [-0.1, -0.05) is 0 Å². The lowest BCUT2D eigenvalue weighted by Crippen LogP contribution is -2.17. The van der Waals surface area contributed by atoms with Crippen LogP contribution in [0.25, 0.3) is 0 Å². The number of H-pyrrole nitrogens is 1. The molecule has 2 rings (SSSR count). The second-order valence-corrected chi connectivity index (χ2v) is 4.69. The predicted molar refractivity (Wildman–Crippen MR) is 73.8 cm³/mol. The van der Waals surface area contributed by atoms with Gasteiger partial charge in [0.1, 0.15) is 5.00 Å². The van der Waals surface area contributed by atoms with E-state index < -0.39 is 17.8 Å². The fourth-order valence-corrected chi connectivity index (χ4v) is 2.34. The largest absolute Gasteiger partial charge is 0.477 e. The zero-order valence-electron chi connectivity index (χ0n) is 10.9. The van der Waals surface area contributed by atoms with Crippen LogP contribution in [0.5, 0.6) is 0 Å². The number of thiophene rings is 1. The van der Waals surface area contributed by atoms with Crippen molar-refractivity contribution in [3.05, 3.63) is 34.7 Å². The number of aromatic carboxylic acids is 1. The summed E-state index contributed by atoms with van der Waals surface area (Å²) in [5, 5.41) is 13.3. The number of rotatable bonds is 5. The van der Waals surface area contributed by atoms with Crippen molar-refractivity contribution in [2.45, 2.75) is 6.92 Å². The molecule has 0 spiro atoms. The van der Waals surface area contributed by atoms with Crippen LogP contribution < -0.4 is 5.32 Å². The van der Waals surface area contributed by atoms with Crippen LogP contribution in [-0.4, -0.2) is 39.5 Å². The van der Waals surface area contributed by atoms with Crippen molar-refractivity contribution < 1.29 is 24.2 Å². The van der Waals surface area contributed by atoms with E-state index in [1.807, 2.05) is 0 Å². The molecule has 2 aromatic heterocycles. The number of anilines is 1. The monoisotopic (exact) mass is 309 g/mol. The standard InChI is InChI=1S/C12H11N3O5S/c1-2-20-12(19)6-3-4-21-10(6)15-9(16)7-8(11(17)18)14-5-13-7/h3-5H,2H2,1H3,(H,13,14)(H,15,16)(H,17,18). The molecule has 110 valence electrons. The molecule has 2 heterocycles. The van der Waals surface area contributed by atoms with Crippen LogP contribution in [0.3, 0.4) is 0 Å². The molecular formula is C12H11N3O5S. The first-order chi connectivity index (χ1) is 10.0. The van der Waals surface area contributed by atoms with Crippen molar-refractivity contribution in [2.75, 3.05) is 11.9 Å². The van der Waals surface area contributed by atoms with E-state index >= 15 is 0 Å². The Labute approximate surface area is 122 Å². The Morgan fingerprint density at radius 3 is 2.90 bits per heavy atom. The third-order valence-corrected chi connectivity index (χ3v) is 3.29. The second-order valence-electron chi connectivity index (χ2n) is 3.77. The van der Waals surface area contributed by atoms with E-state index in [1.54, 1.807) is 12.3 Å². The molecule has 0 aliphatic rings. The average Bonchev–Trinajstić information content (AvgIpc) is 3.07. The minimum Gasteiger partial charge on any atom is -0.477 e. The van der Waals surface area contributed by atoms with Crippen LogP contribution in [-0.2, 0) is 4.74 Å².